The van der Waals surface area contributed by atoms with E-state index in [0.717, 1.165) is 16.8 Å². The van der Waals surface area contributed by atoms with Crippen molar-refractivity contribution in [1.29, 1.82) is 0 Å². The van der Waals surface area contributed by atoms with Gasteiger partial charge in [0.05, 0.1) is 23.5 Å². The van der Waals surface area contributed by atoms with E-state index in [2.05, 4.69) is 36.2 Å². The highest BCUT2D eigenvalue weighted by atomic mass is 16.2. The first-order valence-corrected chi connectivity index (χ1v) is 11.0. The second-order valence-electron chi connectivity index (χ2n) is 7.59. The van der Waals surface area contributed by atoms with Gasteiger partial charge in [0.1, 0.15) is 5.82 Å². The molecule has 0 saturated heterocycles. The number of nitrogens with one attached hydrogen (secondary N) is 4. The number of pyridine rings is 3. The maximum absolute atomic E-state index is 12.3. The highest BCUT2D eigenvalue weighted by Crippen LogP contribution is 2.24. The monoisotopic (exact) mass is 467 g/mol. The van der Waals surface area contributed by atoms with Crippen LogP contribution < -0.4 is 21.3 Å². The minimum Gasteiger partial charge on any atom is -0.364 e. The molecule has 4 aromatic rings. The quantitative estimate of drug-likeness (QED) is 0.313. The van der Waals surface area contributed by atoms with Gasteiger partial charge >= 0.3 is 6.03 Å². The molecule has 9 nitrogen and oxygen atoms in total. The van der Waals surface area contributed by atoms with E-state index in [1.54, 1.807) is 49.9 Å². The van der Waals surface area contributed by atoms with Gasteiger partial charge in [-0.2, -0.15) is 0 Å². The SMILES string of the molecule is CNC(=O)c1ccc(-c2ccc(NC(=O)NCc3cccnc3)cc2)nc1NCc1ccccn1. The van der Waals surface area contributed by atoms with Crippen LogP contribution in [-0.4, -0.2) is 33.9 Å². The lowest BCUT2D eigenvalue weighted by Crippen LogP contribution is -2.28. The molecule has 0 aliphatic rings. The summed E-state index contributed by atoms with van der Waals surface area (Å²) in [6.07, 6.45) is 5.11. The van der Waals surface area contributed by atoms with Crippen LogP contribution >= 0.6 is 0 Å². The number of hydrogen-bond donors (Lipinski definition) is 4. The first-order chi connectivity index (χ1) is 17.1. The maximum atomic E-state index is 12.3. The lowest BCUT2D eigenvalue weighted by atomic mass is 10.1. The van der Waals surface area contributed by atoms with Crippen molar-refractivity contribution in [2.24, 2.45) is 0 Å². The average Bonchev–Trinajstić information content (AvgIpc) is 2.92. The van der Waals surface area contributed by atoms with Crippen LogP contribution in [0.3, 0.4) is 0 Å². The van der Waals surface area contributed by atoms with Gasteiger partial charge in [-0.25, -0.2) is 9.78 Å². The molecule has 3 heterocycles. The predicted molar refractivity (Wildman–Crippen MR) is 135 cm³/mol. The number of aromatic nitrogens is 3. The Morgan fingerprint density at radius 3 is 2.46 bits per heavy atom. The zero-order valence-electron chi connectivity index (χ0n) is 19.2. The van der Waals surface area contributed by atoms with Crippen LogP contribution in [0.5, 0.6) is 0 Å². The minimum atomic E-state index is -0.310. The molecular weight excluding hydrogens is 442 g/mol. The van der Waals surface area contributed by atoms with Crippen LogP contribution in [0.2, 0.25) is 0 Å². The molecule has 0 radical (unpaired) electrons. The lowest BCUT2D eigenvalue weighted by molar-refractivity contribution is 0.0963. The largest absolute Gasteiger partial charge is 0.364 e. The summed E-state index contributed by atoms with van der Waals surface area (Å²) in [7, 11) is 1.58. The molecule has 0 fully saturated rings. The molecule has 0 aliphatic heterocycles. The summed E-state index contributed by atoms with van der Waals surface area (Å²) in [5.41, 5.74) is 4.37. The Morgan fingerprint density at radius 1 is 0.886 bits per heavy atom. The van der Waals surface area contributed by atoms with Crippen molar-refractivity contribution in [3.05, 3.63) is 102 Å². The Bertz CT molecular complexity index is 1280. The molecule has 4 rings (SSSR count). The summed E-state index contributed by atoms with van der Waals surface area (Å²) in [6, 6.07) is 19.9. The Labute approximate surface area is 203 Å². The number of rotatable bonds is 8. The van der Waals surface area contributed by atoms with Crippen LogP contribution in [0.4, 0.5) is 16.3 Å². The Balaban J connectivity index is 1.44. The van der Waals surface area contributed by atoms with E-state index < -0.39 is 0 Å². The number of amides is 3. The van der Waals surface area contributed by atoms with E-state index in [1.807, 2.05) is 42.5 Å². The number of nitrogens with zero attached hydrogens (tertiary/aromatic N) is 3. The molecule has 3 amide bonds. The molecule has 0 saturated carbocycles. The van der Waals surface area contributed by atoms with Gasteiger partial charge in [0.15, 0.2) is 0 Å². The van der Waals surface area contributed by atoms with E-state index in [-0.39, 0.29) is 11.9 Å². The molecule has 0 bridgehead atoms. The van der Waals surface area contributed by atoms with Crippen molar-refractivity contribution < 1.29 is 9.59 Å². The number of carbonyl (C=O) groups is 2. The zero-order valence-corrected chi connectivity index (χ0v) is 19.2. The van der Waals surface area contributed by atoms with Gasteiger partial charge in [-0.3, -0.25) is 14.8 Å². The van der Waals surface area contributed by atoms with Crippen molar-refractivity contribution in [2.45, 2.75) is 13.1 Å². The van der Waals surface area contributed by atoms with E-state index in [9.17, 15) is 9.59 Å². The van der Waals surface area contributed by atoms with Crippen LogP contribution in [0.1, 0.15) is 21.6 Å². The minimum absolute atomic E-state index is 0.232. The zero-order chi connectivity index (χ0) is 24.5. The number of urea groups is 1. The highest BCUT2D eigenvalue weighted by molar-refractivity contribution is 5.99. The Morgan fingerprint density at radius 2 is 1.74 bits per heavy atom. The number of benzene rings is 1. The molecule has 3 aromatic heterocycles. The smallest absolute Gasteiger partial charge is 0.319 e. The molecule has 4 N–H and O–H groups in total. The molecule has 35 heavy (non-hydrogen) atoms. The van der Waals surface area contributed by atoms with Gasteiger partial charge in [0, 0.05) is 43.4 Å². The summed E-state index contributed by atoms with van der Waals surface area (Å²) in [5, 5.41) is 11.5. The van der Waals surface area contributed by atoms with Crippen LogP contribution in [0.15, 0.2) is 85.3 Å². The topological polar surface area (TPSA) is 121 Å². The van der Waals surface area contributed by atoms with Crippen molar-refractivity contribution >= 4 is 23.4 Å². The number of hydrogen-bond acceptors (Lipinski definition) is 6. The molecule has 0 atom stereocenters. The second-order valence-corrected chi connectivity index (χ2v) is 7.59. The van der Waals surface area contributed by atoms with E-state index in [0.29, 0.717) is 35.9 Å². The van der Waals surface area contributed by atoms with Crippen LogP contribution in [0.25, 0.3) is 11.3 Å². The highest BCUT2D eigenvalue weighted by Gasteiger charge is 2.14. The first kappa shape index (κ1) is 23.4. The fraction of sp³-hybridized carbons (Fsp3) is 0.115. The summed E-state index contributed by atoms with van der Waals surface area (Å²) in [6.45, 7) is 0.811. The normalized spacial score (nSPS) is 10.3. The third kappa shape index (κ3) is 6.38. The molecule has 0 unspecified atom stereocenters. The van der Waals surface area contributed by atoms with Crippen molar-refractivity contribution in [1.82, 2.24) is 25.6 Å². The van der Waals surface area contributed by atoms with E-state index in [4.69, 9.17) is 0 Å². The van der Waals surface area contributed by atoms with Gasteiger partial charge < -0.3 is 21.3 Å². The molecule has 1 aromatic carbocycles. The summed E-state index contributed by atoms with van der Waals surface area (Å²) >= 11 is 0. The molecule has 176 valence electrons. The van der Waals surface area contributed by atoms with Gasteiger partial charge in [-0.15, -0.1) is 0 Å². The predicted octanol–water partition coefficient (Wildman–Crippen LogP) is 3.83. The van der Waals surface area contributed by atoms with Gasteiger partial charge in [0.2, 0.25) is 0 Å². The number of carbonyl (C=O) groups excluding carboxylic acids is 2. The fourth-order valence-electron chi connectivity index (χ4n) is 3.33. The van der Waals surface area contributed by atoms with Crippen LogP contribution in [-0.2, 0) is 13.1 Å². The Hall–Kier alpha value is -4.79. The van der Waals surface area contributed by atoms with Crippen molar-refractivity contribution in [3.8, 4) is 11.3 Å². The summed E-state index contributed by atoms with van der Waals surface area (Å²) in [4.78, 5) is 37.5. The van der Waals surface area contributed by atoms with Gasteiger partial charge in [-0.1, -0.05) is 24.3 Å². The Kier molecular flexibility index (Phi) is 7.59. The molecular formula is C26H25N7O2. The van der Waals surface area contributed by atoms with Gasteiger partial charge in [0.25, 0.3) is 5.91 Å². The van der Waals surface area contributed by atoms with Gasteiger partial charge in [-0.05, 0) is 48.0 Å². The average molecular weight is 468 g/mol. The molecule has 9 heteroatoms. The second kappa shape index (κ2) is 11.4. The van der Waals surface area contributed by atoms with Crippen molar-refractivity contribution in [2.75, 3.05) is 17.7 Å². The fourth-order valence-corrected chi connectivity index (χ4v) is 3.33. The van der Waals surface area contributed by atoms with Crippen molar-refractivity contribution in [3.63, 3.8) is 0 Å². The lowest BCUT2D eigenvalue weighted by Gasteiger charge is -2.13. The maximum Gasteiger partial charge on any atom is 0.319 e. The molecule has 0 spiro atoms. The third-order valence-electron chi connectivity index (χ3n) is 5.14. The standard InChI is InChI=1S/C26H25N7O2/c1-27-25(34)22-11-12-23(33-24(22)30-17-21-6-2-3-14-29-21)19-7-9-20(10-8-19)32-26(35)31-16-18-5-4-13-28-15-18/h2-15H,16-17H2,1H3,(H,27,34)(H,30,33)(H2,31,32,35). The third-order valence-corrected chi connectivity index (χ3v) is 5.14. The molecule has 0 aliphatic carbocycles. The van der Waals surface area contributed by atoms with E-state index >= 15 is 0 Å². The van der Waals surface area contributed by atoms with E-state index in [1.165, 1.54) is 0 Å². The number of anilines is 2. The first-order valence-electron chi connectivity index (χ1n) is 11.0. The summed E-state index contributed by atoms with van der Waals surface area (Å²) < 4.78 is 0. The van der Waals surface area contributed by atoms with Crippen LogP contribution in [0, 0.1) is 0 Å². The summed E-state index contributed by atoms with van der Waals surface area (Å²) in [5.74, 6) is 0.230.